The van der Waals surface area contributed by atoms with E-state index >= 15 is 0 Å². The molecule has 0 fully saturated rings. The molecule has 2 aromatic carbocycles. The Balaban J connectivity index is 2.13. The molecule has 0 aliphatic rings. The number of pyridine rings is 1. The molecule has 0 aliphatic heterocycles. The summed E-state index contributed by atoms with van der Waals surface area (Å²) in [6.07, 6.45) is 1.93. The summed E-state index contributed by atoms with van der Waals surface area (Å²) in [5, 5.41) is 19.6. The molecule has 33 heavy (non-hydrogen) atoms. The summed E-state index contributed by atoms with van der Waals surface area (Å²) in [6.45, 7) is -0.790. The third-order valence-corrected chi connectivity index (χ3v) is 5.79. The molecule has 0 amide bonds. The summed E-state index contributed by atoms with van der Waals surface area (Å²) in [7, 11) is 0. The fraction of sp³-hybridized carbons (Fsp3) is 0.174. The van der Waals surface area contributed by atoms with Crippen LogP contribution in [0.1, 0.15) is 0 Å². The van der Waals surface area contributed by atoms with Crippen LogP contribution in [0.4, 0.5) is 14.7 Å². The first-order valence-corrected chi connectivity index (χ1v) is 11.2. The molecule has 2 N–H and O–H groups in total. The van der Waals surface area contributed by atoms with Crippen LogP contribution in [0.5, 0.6) is 0 Å². The third-order valence-electron chi connectivity index (χ3n) is 5.07. The van der Waals surface area contributed by atoms with Crippen molar-refractivity contribution in [2.24, 2.45) is 0 Å². The van der Waals surface area contributed by atoms with Gasteiger partial charge in [0.25, 0.3) is 5.56 Å². The average molecular weight is 471 g/mol. The highest BCUT2D eigenvalue weighted by Crippen LogP contribution is 2.31. The first-order chi connectivity index (χ1) is 16.0. The van der Waals surface area contributed by atoms with Gasteiger partial charge >= 0.3 is 0 Å². The van der Waals surface area contributed by atoms with Crippen molar-refractivity contribution >= 4 is 28.7 Å². The van der Waals surface area contributed by atoms with Gasteiger partial charge in [0.2, 0.25) is 5.95 Å². The van der Waals surface area contributed by atoms with E-state index in [9.17, 15) is 23.8 Å². The lowest BCUT2D eigenvalue weighted by Gasteiger charge is -2.21. The molecule has 0 atom stereocenters. The van der Waals surface area contributed by atoms with Crippen LogP contribution in [0.25, 0.3) is 28.0 Å². The molecule has 0 bridgehead atoms. The molecule has 10 heteroatoms. The van der Waals surface area contributed by atoms with Crippen LogP contribution in [0, 0.1) is 11.6 Å². The van der Waals surface area contributed by atoms with Crippen molar-refractivity contribution < 1.29 is 19.0 Å². The van der Waals surface area contributed by atoms with E-state index < -0.39 is 29.6 Å². The van der Waals surface area contributed by atoms with E-state index in [0.29, 0.717) is 16.6 Å². The number of aliphatic hydroxyl groups excluding tert-OH is 2. The first-order valence-electron chi connectivity index (χ1n) is 9.97. The molecule has 0 spiro atoms. The fourth-order valence-electron chi connectivity index (χ4n) is 3.51. The Kier molecular flexibility index (Phi) is 6.68. The Labute approximate surface area is 192 Å². The Morgan fingerprint density at radius 3 is 2.42 bits per heavy atom. The van der Waals surface area contributed by atoms with Crippen molar-refractivity contribution in [1.82, 2.24) is 14.5 Å². The third kappa shape index (κ3) is 4.32. The van der Waals surface area contributed by atoms with Gasteiger partial charge in [-0.05, 0) is 36.6 Å². The molecule has 7 nitrogen and oxygen atoms in total. The number of thioether (sulfide) groups is 1. The average Bonchev–Trinajstić information content (AvgIpc) is 2.83. The standard InChI is InChI=1S/C23H20F2N4O3S/c1-33-15-5-2-4-14(12-15)20-16-8-9-19(32)29(21-17(24)6-3-7-18(21)25)22(16)27-23(26-20)28(13-31)10-11-30/h2-9,12,30-31H,10-11,13H2,1H3. The second-order valence-corrected chi connectivity index (χ2v) is 7.93. The van der Waals surface area contributed by atoms with E-state index in [-0.39, 0.29) is 24.7 Å². The second-order valence-electron chi connectivity index (χ2n) is 7.05. The maximum absolute atomic E-state index is 14.7. The molecule has 0 aliphatic carbocycles. The smallest absolute Gasteiger partial charge is 0.256 e. The van der Waals surface area contributed by atoms with Crippen molar-refractivity contribution in [2.45, 2.75) is 4.90 Å². The number of para-hydroxylation sites is 1. The van der Waals surface area contributed by atoms with Crippen LogP contribution < -0.4 is 10.5 Å². The van der Waals surface area contributed by atoms with Crippen LogP contribution in [-0.4, -0.2) is 50.9 Å². The van der Waals surface area contributed by atoms with Crippen molar-refractivity contribution in [3.05, 3.63) is 76.6 Å². The number of nitrogens with zero attached hydrogens (tertiary/aromatic N) is 4. The van der Waals surface area contributed by atoms with Crippen LogP contribution in [-0.2, 0) is 0 Å². The van der Waals surface area contributed by atoms with Gasteiger partial charge in [-0.3, -0.25) is 9.36 Å². The Hall–Kier alpha value is -3.34. The van der Waals surface area contributed by atoms with Crippen molar-refractivity contribution in [1.29, 1.82) is 0 Å². The summed E-state index contributed by atoms with van der Waals surface area (Å²) >= 11 is 1.53. The molecule has 4 rings (SSSR count). The van der Waals surface area contributed by atoms with Gasteiger partial charge in [0.05, 0.1) is 12.3 Å². The predicted octanol–water partition coefficient (Wildman–Crippen LogP) is 3.20. The minimum Gasteiger partial charge on any atom is -0.395 e. The molecule has 2 heterocycles. The van der Waals surface area contributed by atoms with Gasteiger partial charge < -0.3 is 15.1 Å². The van der Waals surface area contributed by atoms with E-state index in [1.165, 1.54) is 34.9 Å². The summed E-state index contributed by atoms with van der Waals surface area (Å²) in [5.74, 6) is -1.85. The molecule has 0 radical (unpaired) electrons. The minimum atomic E-state index is -0.926. The lowest BCUT2D eigenvalue weighted by Crippen LogP contribution is -2.30. The van der Waals surface area contributed by atoms with Gasteiger partial charge in [-0.1, -0.05) is 18.2 Å². The molecule has 0 saturated carbocycles. The number of benzene rings is 2. The number of hydrogen-bond donors (Lipinski definition) is 2. The fourth-order valence-corrected chi connectivity index (χ4v) is 3.97. The summed E-state index contributed by atoms with van der Waals surface area (Å²) < 4.78 is 30.2. The number of halogens is 2. The first kappa shape index (κ1) is 22.8. The molecule has 0 unspecified atom stereocenters. The zero-order chi connectivity index (χ0) is 23.5. The predicted molar refractivity (Wildman–Crippen MR) is 124 cm³/mol. The molecule has 2 aromatic heterocycles. The molecular weight excluding hydrogens is 450 g/mol. The van der Waals surface area contributed by atoms with Crippen LogP contribution in [0.15, 0.2) is 64.3 Å². The largest absolute Gasteiger partial charge is 0.395 e. The lowest BCUT2D eigenvalue weighted by molar-refractivity contribution is 0.256. The number of rotatable bonds is 7. The Morgan fingerprint density at radius 1 is 1.03 bits per heavy atom. The zero-order valence-corrected chi connectivity index (χ0v) is 18.4. The summed E-state index contributed by atoms with van der Waals surface area (Å²) in [4.78, 5) is 24.0. The normalized spacial score (nSPS) is 11.2. The summed E-state index contributed by atoms with van der Waals surface area (Å²) in [6, 6.07) is 13.5. The van der Waals surface area contributed by atoms with Gasteiger partial charge in [-0.25, -0.2) is 13.8 Å². The highest BCUT2D eigenvalue weighted by atomic mass is 32.2. The van der Waals surface area contributed by atoms with E-state index in [1.807, 2.05) is 30.5 Å². The van der Waals surface area contributed by atoms with Gasteiger partial charge in [0.15, 0.2) is 5.65 Å². The molecular formula is C23H20F2N4O3S. The topological polar surface area (TPSA) is 91.5 Å². The molecule has 0 saturated heterocycles. The highest BCUT2D eigenvalue weighted by Gasteiger charge is 2.21. The number of aromatic nitrogens is 3. The van der Waals surface area contributed by atoms with Gasteiger partial charge in [-0.2, -0.15) is 4.98 Å². The SMILES string of the molecule is CSc1cccc(-c2nc(N(CO)CCO)nc3c2ccc(=O)n3-c2c(F)cccc2F)c1. The second kappa shape index (κ2) is 9.65. The van der Waals surface area contributed by atoms with E-state index in [2.05, 4.69) is 9.97 Å². The number of aliphatic hydroxyl groups is 2. The highest BCUT2D eigenvalue weighted by molar-refractivity contribution is 7.98. The maximum atomic E-state index is 14.7. The van der Waals surface area contributed by atoms with Crippen LogP contribution in [0.2, 0.25) is 0 Å². The van der Waals surface area contributed by atoms with Gasteiger partial charge in [-0.15, -0.1) is 11.8 Å². The monoisotopic (exact) mass is 470 g/mol. The van der Waals surface area contributed by atoms with Gasteiger partial charge in [0, 0.05) is 28.5 Å². The number of hydrogen-bond acceptors (Lipinski definition) is 7. The van der Waals surface area contributed by atoms with Gasteiger partial charge in [0.1, 0.15) is 24.1 Å². The molecule has 170 valence electrons. The quantitative estimate of drug-likeness (QED) is 0.317. The van der Waals surface area contributed by atoms with E-state index in [0.717, 1.165) is 21.6 Å². The Morgan fingerprint density at radius 2 is 1.76 bits per heavy atom. The maximum Gasteiger partial charge on any atom is 0.256 e. The zero-order valence-electron chi connectivity index (χ0n) is 17.6. The summed E-state index contributed by atoms with van der Waals surface area (Å²) in [5.41, 5.74) is -0.168. The number of anilines is 1. The minimum absolute atomic E-state index is 0.000276. The van der Waals surface area contributed by atoms with Crippen molar-refractivity contribution in [3.8, 4) is 16.9 Å². The lowest BCUT2D eigenvalue weighted by atomic mass is 10.1. The molecule has 4 aromatic rings. The van der Waals surface area contributed by atoms with Crippen molar-refractivity contribution in [3.63, 3.8) is 0 Å². The van der Waals surface area contributed by atoms with E-state index in [1.54, 1.807) is 0 Å². The van der Waals surface area contributed by atoms with Crippen molar-refractivity contribution in [2.75, 3.05) is 31.0 Å². The van der Waals surface area contributed by atoms with Crippen LogP contribution >= 0.6 is 11.8 Å². The Bertz CT molecular complexity index is 1360. The van der Waals surface area contributed by atoms with Crippen LogP contribution in [0.3, 0.4) is 0 Å². The number of fused-ring (bicyclic) bond motifs is 1. The van der Waals surface area contributed by atoms with E-state index in [4.69, 9.17) is 0 Å².